The van der Waals surface area contributed by atoms with E-state index in [2.05, 4.69) is 12.1 Å². The van der Waals surface area contributed by atoms with E-state index in [1.165, 1.54) is 4.90 Å². The SMILES string of the molecule is OCC/C=C/Sc1ccccc1. The summed E-state index contributed by atoms with van der Waals surface area (Å²) in [5.74, 6) is 0. The minimum Gasteiger partial charge on any atom is -0.396 e. The van der Waals surface area contributed by atoms with Gasteiger partial charge in [0, 0.05) is 11.5 Å². The topological polar surface area (TPSA) is 20.2 Å². The monoisotopic (exact) mass is 180 g/mol. The zero-order valence-corrected chi connectivity index (χ0v) is 7.63. The molecule has 1 aromatic carbocycles. The van der Waals surface area contributed by atoms with Crippen LogP contribution in [0.5, 0.6) is 0 Å². The van der Waals surface area contributed by atoms with Crippen LogP contribution in [0.15, 0.2) is 46.7 Å². The predicted molar refractivity (Wildman–Crippen MR) is 53.1 cm³/mol. The third kappa shape index (κ3) is 3.60. The maximum Gasteiger partial charge on any atom is 0.0465 e. The van der Waals surface area contributed by atoms with Gasteiger partial charge < -0.3 is 5.11 Å². The lowest BCUT2D eigenvalue weighted by Gasteiger charge is -1.92. The molecule has 1 nitrogen and oxygen atoms in total. The quantitative estimate of drug-likeness (QED) is 0.719. The van der Waals surface area contributed by atoms with E-state index >= 15 is 0 Å². The number of rotatable bonds is 4. The van der Waals surface area contributed by atoms with Crippen molar-refractivity contribution < 1.29 is 5.11 Å². The van der Waals surface area contributed by atoms with E-state index in [-0.39, 0.29) is 6.61 Å². The van der Waals surface area contributed by atoms with Crippen LogP contribution >= 0.6 is 11.8 Å². The molecular weight excluding hydrogens is 168 g/mol. The van der Waals surface area contributed by atoms with E-state index < -0.39 is 0 Å². The Bertz CT molecular complexity index is 231. The standard InChI is InChI=1S/C10H12OS/c11-8-4-5-9-12-10-6-2-1-3-7-10/h1-3,5-7,9,11H,4,8H2/b9-5+. The van der Waals surface area contributed by atoms with Gasteiger partial charge in [-0.2, -0.15) is 0 Å². The molecule has 0 aliphatic carbocycles. The van der Waals surface area contributed by atoms with Gasteiger partial charge in [-0.05, 0) is 24.0 Å². The van der Waals surface area contributed by atoms with Crippen LogP contribution in [-0.2, 0) is 0 Å². The van der Waals surface area contributed by atoms with E-state index in [9.17, 15) is 0 Å². The maximum absolute atomic E-state index is 8.50. The predicted octanol–water partition coefficient (Wildman–Crippen LogP) is 2.67. The van der Waals surface area contributed by atoms with Crippen molar-refractivity contribution >= 4 is 11.8 Å². The van der Waals surface area contributed by atoms with Gasteiger partial charge in [0.05, 0.1) is 0 Å². The molecule has 1 aromatic rings. The molecule has 0 aliphatic heterocycles. The Labute approximate surface area is 77.1 Å². The molecule has 0 amide bonds. The first kappa shape index (κ1) is 9.36. The summed E-state index contributed by atoms with van der Waals surface area (Å²) >= 11 is 1.67. The molecule has 0 saturated heterocycles. The molecule has 0 fully saturated rings. The molecule has 0 bridgehead atoms. The van der Waals surface area contributed by atoms with Crippen molar-refractivity contribution in [3.63, 3.8) is 0 Å². The smallest absolute Gasteiger partial charge is 0.0465 e. The molecule has 0 spiro atoms. The van der Waals surface area contributed by atoms with Gasteiger partial charge in [0.1, 0.15) is 0 Å². The number of aliphatic hydroxyl groups is 1. The molecule has 0 aromatic heterocycles. The van der Waals surface area contributed by atoms with Gasteiger partial charge in [-0.3, -0.25) is 0 Å². The first-order valence-corrected chi connectivity index (χ1v) is 4.79. The average molecular weight is 180 g/mol. The Morgan fingerprint density at radius 1 is 1.25 bits per heavy atom. The summed E-state index contributed by atoms with van der Waals surface area (Å²) in [5.41, 5.74) is 0. The van der Waals surface area contributed by atoms with Crippen LogP contribution in [0, 0.1) is 0 Å². The highest BCUT2D eigenvalue weighted by atomic mass is 32.2. The van der Waals surface area contributed by atoms with Crippen molar-refractivity contribution in [2.75, 3.05) is 6.61 Å². The normalized spacial score (nSPS) is 10.8. The molecule has 1 N–H and O–H groups in total. The fourth-order valence-electron chi connectivity index (χ4n) is 0.768. The lowest BCUT2D eigenvalue weighted by molar-refractivity contribution is 0.302. The van der Waals surface area contributed by atoms with Crippen LogP contribution in [0.3, 0.4) is 0 Å². The van der Waals surface area contributed by atoms with Crippen molar-refractivity contribution in [3.8, 4) is 0 Å². The molecule has 0 atom stereocenters. The second kappa shape index (κ2) is 5.86. The summed E-state index contributed by atoms with van der Waals surface area (Å²) in [6, 6.07) is 10.2. The van der Waals surface area contributed by atoms with Gasteiger partial charge in [0.2, 0.25) is 0 Å². The molecule has 1 rings (SSSR count). The van der Waals surface area contributed by atoms with Gasteiger partial charge >= 0.3 is 0 Å². The highest BCUT2D eigenvalue weighted by Gasteiger charge is 1.85. The van der Waals surface area contributed by atoms with E-state index in [0.717, 1.165) is 6.42 Å². The van der Waals surface area contributed by atoms with Crippen LogP contribution < -0.4 is 0 Å². The Kier molecular flexibility index (Phi) is 4.57. The van der Waals surface area contributed by atoms with E-state index in [1.807, 2.05) is 29.7 Å². The molecule has 0 radical (unpaired) electrons. The zero-order valence-electron chi connectivity index (χ0n) is 6.81. The Morgan fingerprint density at radius 2 is 2.00 bits per heavy atom. The summed E-state index contributed by atoms with van der Waals surface area (Å²) in [6.45, 7) is 0.228. The fourth-order valence-corrected chi connectivity index (χ4v) is 1.47. The molecule has 12 heavy (non-hydrogen) atoms. The van der Waals surface area contributed by atoms with Gasteiger partial charge in [-0.25, -0.2) is 0 Å². The minimum absolute atomic E-state index is 0.228. The minimum atomic E-state index is 0.228. The number of benzene rings is 1. The summed E-state index contributed by atoms with van der Waals surface area (Å²) in [6.07, 6.45) is 2.71. The number of aliphatic hydroxyl groups excluding tert-OH is 1. The van der Waals surface area contributed by atoms with E-state index in [4.69, 9.17) is 5.11 Å². The van der Waals surface area contributed by atoms with Crippen molar-refractivity contribution in [2.24, 2.45) is 0 Å². The fraction of sp³-hybridized carbons (Fsp3) is 0.200. The van der Waals surface area contributed by atoms with Crippen LogP contribution in [0.1, 0.15) is 6.42 Å². The largest absolute Gasteiger partial charge is 0.396 e. The lowest BCUT2D eigenvalue weighted by atomic mass is 10.4. The van der Waals surface area contributed by atoms with Crippen molar-refractivity contribution in [3.05, 3.63) is 41.8 Å². The van der Waals surface area contributed by atoms with Crippen molar-refractivity contribution in [1.29, 1.82) is 0 Å². The van der Waals surface area contributed by atoms with E-state index in [1.54, 1.807) is 11.8 Å². The summed E-state index contributed by atoms with van der Waals surface area (Å²) in [4.78, 5) is 1.23. The molecule has 0 heterocycles. The molecular formula is C10H12OS. The van der Waals surface area contributed by atoms with Crippen molar-refractivity contribution in [1.82, 2.24) is 0 Å². The van der Waals surface area contributed by atoms with Crippen LogP contribution in [-0.4, -0.2) is 11.7 Å². The van der Waals surface area contributed by atoms with Crippen LogP contribution in [0.4, 0.5) is 0 Å². The third-order valence-corrected chi connectivity index (χ3v) is 2.21. The Balaban J connectivity index is 2.33. The summed E-state index contributed by atoms with van der Waals surface area (Å²) in [7, 11) is 0. The second-order valence-electron chi connectivity index (χ2n) is 2.31. The molecule has 2 heteroatoms. The maximum atomic E-state index is 8.50. The number of thioether (sulfide) groups is 1. The molecule has 0 unspecified atom stereocenters. The van der Waals surface area contributed by atoms with Crippen LogP contribution in [0.25, 0.3) is 0 Å². The van der Waals surface area contributed by atoms with Crippen molar-refractivity contribution in [2.45, 2.75) is 11.3 Å². The zero-order chi connectivity index (χ0) is 8.65. The van der Waals surface area contributed by atoms with E-state index in [0.29, 0.717) is 0 Å². The lowest BCUT2D eigenvalue weighted by Crippen LogP contribution is -1.74. The highest BCUT2D eigenvalue weighted by molar-refractivity contribution is 8.02. The summed E-state index contributed by atoms with van der Waals surface area (Å²) < 4.78 is 0. The first-order valence-electron chi connectivity index (χ1n) is 3.91. The first-order chi connectivity index (χ1) is 5.93. The highest BCUT2D eigenvalue weighted by Crippen LogP contribution is 2.17. The summed E-state index contributed by atoms with van der Waals surface area (Å²) in [5, 5.41) is 10.5. The third-order valence-electron chi connectivity index (χ3n) is 1.34. The van der Waals surface area contributed by atoms with Gasteiger partial charge in [-0.1, -0.05) is 36.0 Å². The van der Waals surface area contributed by atoms with Crippen LogP contribution in [0.2, 0.25) is 0 Å². The van der Waals surface area contributed by atoms with Gasteiger partial charge in [-0.15, -0.1) is 0 Å². The van der Waals surface area contributed by atoms with Gasteiger partial charge in [0.15, 0.2) is 0 Å². The molecule has 64 valence electrons. The number of hydrogen-bond acceptors (Lipinski definition) is 2. The Hall–Kier alpha value is -0.730. The molecule has 0 saturated carbocycles. The molecule has 0 aliphatic rings. The Morgan fingerprint density at radius 3 is 2.67 bits per heavy atom. The second-order valence-corrected chi connectivity index (χ2v) is 3.29. The van der Waals surface area contributed by atoms with Gasteiger partial charge in [0.25, 0.3) is 0 Å². The number of hydrogen-bond donors (Lipinski definition) is 1. The average Bonchev–Trinajstić information content (AvgIpc) is 2.14.